The minimum Gasteiger partial charge on any atom is -0.490 e. The van der Waals surface area contributed by atoms with Crippen LogP contribution in [0.1, 0.15) is 11.1 Å². The molecule has 0 aliphatic heterocycles. The topological polar surface area (TPSA) is 21.3 Å². The van der Waals surface area contributed by atoms with Crippen LogP contribution in [-0.4, -0.2) is 13.2 Å². The van der Waals surface area contributed by atoms with Gasteiger partial charge in [0, 0.05) is 6.54 Å². The number of ether oxygens (including phenoxy) is 1. The third kappa shape index (κ3) is 6.48. The Bertz CT molecular complexity index is 528. The first-order valence-corrected chi connectivity index (χ1v) is 6.96. The fourth-order valence-electron chi connectivity index (χ4n) is 2.01. The lowest BCUT2D eigenvalue weighted by Gasteiger charge is -2.08. The fourth-order valence-corrected chi connectivity index (χ4v) is 2.01. The molecule has 0 aliphatic rings. The molecule has 0 heterocycles. The number of hydrogen-bond acceptors (Lipinski definition) is 2. The second kappa shape index (κ2) is 10.0. The van der Waals surface area contributed by atoms with Crippen LogP contribution in [0.15, 0.2) is 67.3 Å². The Balaban J connectivity index is 0.00000220. The summed E-state index contributed by atoms with van der Waals surface area (Å²) in [6, 6.07) is 18.7. The van der Waals surface area contributed by atoms with Gasteiger partial charge in [0.25, 0.3) is 0 Å². The normalized spacial score (nSPS) is 9.71. The number of benzene rings is 2. The molecule has 2 rings (SSSR count). The van der Waals surface area contributed by atoms with Crippen molar-refractivity contribution in [2.75, 3.05) is 13.2 Å². The number of halogens is 1. The van der Waals surface area contributed by atoms with Crippen LogP contribution in [0, 0.1) is 0 Å². The molecule has 1 N–H and O–H groups in total. The van der Waals surface area contributed by atoms with Gasteiger partial charge in [0.2, 0.25) is 0 Å². The SMILES string of the molecule is C=CCOc1cccc(CNCCc2ccccc2)c1.Cl. The molecule has 0 fully saturated rings. The highest BCUT2D eigenvalue weighted by atomic mass is 35.5. The molecular weight excluding hydrogens is 282 g/mol. The molecule has 2 aromatic carbocycles. The Morgan fingerprint density at radius 3 is 2.52 bits per heavy atom. The molecule has 2 nitrogen and oxygen atoms in total. The third-order valence-electron chi connectivity index (χ3n) is 3.03. The summed E-state index contributed by atoms with van der Waals surface area (Å²) < 4.78 is 5.53. The van der Waals surface area contributed by atoms with Crippen molar-refractivity contribution in [3.05, 3.63) is 78.4 Å². The van der Waals surface area contributed by atoms with E-state index in [9.17, 15) is 0 Å². The van der Waals surface area contributed by atoms with Crippen molar-refractivity contribution >= 4 is 12.4 Å². The predicted octanol–water partition coefficient (Wildman–Crippen LogP) is 4.01. The maximum atomic E-state index is 5.53. The van der Waals surface area contributed by atoms with E-state index in [0.717, 1.165) is 25.3 Å². The molecule has 0 bridgehead atoms. The van der Waals surface area contributed by atoms with E-state index in [2.05, 4.69) is 48.3 Å². The summed E-state index contributed by atoms with van der Waals surface area (Å²) in [4.78, 5) is 0. The predicted molar refractivity (Wildman–Crippen MR) is 91.2 cm³/mol. The first kappa shape index (κ1) is 17.3. The van der Waals surface area contributed by atoms with Gasteiger partial charge in [0.15, 0.2) is 0 Å². The average molecular weight is 304 g/mol. The van der Waals surface area contributed by atoms with Gasteiger partial charge in [0.05, 0.1) is 0 Å². The largest absolute Gasteiger partial charge is 0.490 e. The van der Waals surface area contributed by atoms with Gasteiger partial charge in [-0.1, -0.05) is 55.1 Å². The van der Waals surface area contributed by atoms with Gasteiger partial charge in [-0.05, 0) is 36.2 Å². The van der Waals surface area contributed by atoms with Crippen molar-refractivity contribution in [1.82, 2.24) is 5.32 Å². The molecule has 0 radical (unpaired) electrons. The number of hydrogen-bond donors (Lipinski definition) is 1. The minimum absolute atomic E-state index is 0. The summed E-state index contributed by atoms with van der Waals surface area (Å²) in [5, 5.41) is 3.46. The van der Waals surface area contributed by atoms with Crippen LogP contribution in [0.5, 0.6) is 5.75 Å². The summed E-state index contributed by atoms with van der Waals surface area (Å²) in [6.07, 6.45) is 2.80. The summed E-state index contributed by atoms with van der Waals surface area (Å²) in [5.74, 6) is 0.896. The zero-order chi connectivity index (χ0) is 14.0. The molecule has 0 atom stereocenters. The summed E-state index contributed by atoms with van der Waals surface area (Å²) in [7, 11) is 0. The quantitative estimate of drug-likeness (QED) is 0.588. The smallest absolute Gasteiger partial charge is 0.120 e. The standard InChI is InChI=1S/C18H21NO.ClH/c1-2-13-20-18-10-6-9-17(14-18)15-19-12-11-16-7-4-3-5-8-16;/h2-10,14,19H,1,11-13,15H2;1H. The lowest BCUT2D eigenvalue weighted by Crippen LogP contribution is -2.16. The molecule has 0 amide bonds. The maximum Gasteiger partial charge on any atom is 0.120 e. The average Bonchev–Trinajstić information content (AvgIpc) is 2.51. The van der Waals surface area contributed by atoms with Crippen LogP contribution in [-0.2, 0) is 13.0 Å². The van der Waals surface area contributed by atoms with Crippen LogP contribution < -0.4 is 10.1 Å². The lowest BCUT2D eigenvalue weighted by atomic mass is 10.1. The Labute approximate surface area is 133 Å². The van der Waals surface area contributed by atoms with Crippen LogP contribution >= 0.6 is 12.4 Å². The van der Waals surface area contributed by atoms with E-state index in [0.29, 0.717) is 6.61 Å². The van der Waals surface area contributed by atoms with E-state index in [4.69, 9.17) is 4.74 Å². The first-order valence-electron chi connectivity index (χ1n) is 6.96. The van der Waals surface area contributed by atoms with Crippen LogP contribution in [0.3, 0.4) is 0 Å². The van der Waals surface area contributed by atoms with Crippen molar-refractivity contribution < 1.29 is 4.74 Å². The monoisotopic (exact) mass is 303 g/mol. The van der Waals surface area contributed by atoms with Crippen molar-refractivity contribution in [2.24, 2.45) is 0 Å². The molecule has 0 aromatic heterocycles. The highest BCUT2D eigenvalue weighted by Crippen LogP contribution is 2.13. The molecule has 112 valence electrons. The van der Waals surface area contributed by atoms with Gasteiger partial charge in [-0.15, -0.1) is 12.4 Å². The molecule has 0 saturated heterocycles. The van der Waals surface area contributed by atoms with E-state index in [1.54, 1.807) is 6.08 Å². The summed E-state index contributed by atoms with van der Waals surface area (Å²) >= 11 is 0. The Morgan fingerprint density at radius 2 is 1.76 bits per heavy atom. The van der Waals surface area contributed by atoms with Gasteiger partial charge in [0.1, 0.15) is 12.4 Å². The zero-order valence-corrected chi connectivity index (χ0v) is 12.9. The van der Waals surface area contributed by atoms with E-state index in [-0.39, 0.29) is 12.4 Å². The van der Waals surface area contributed by atoms with Crippen LogP contribution in [0.25, 0.3) is 0 Å². The Hall–Kier alpha value is -1.77. The maximum absolute atomic E-state index is 5.53. The van der Waals surface area contributed by atoms with Crippen molar-refractivity contribution in [1.29, 1.82) is 0 Å². The van der Waals surface area contributed by atoms with E-state index >= 15 is 0 Å². The lowest BCUT2D eigenvalue weighted by molar-refractivity contribution is 0.362. The highest BCUT2D eigenvalue weighted by Gasteiger charge is 1.97. The molecule has 21 heavy (non-hydrogen) atoms. The molecule has 3 heteroatoms. The third-order valence-corrected chi connectivity index (χ3v) is 3.03. The van der Waals surface area contributed by atoms with Crippen molar-refractivity contribution in [3.63, 3.8) is 0 Å². The molecule has 2 aromatic rings. The molecule has 0 saturated carbocycles. The molecule has 0 aliphatic carbocycles. The number of nitrogens with one attached hydrogen (secondary N) is 1. The van der Waals surface area contributed by atoms with Crippen LogP contribution in [0.2, 0.25) is 0 Å². The molecule has 0 unspecified atom stereocenters. The number of rotatable bonds is 8. The fraction of sp³-hybridized carbons (Fsp3) is 0.222. The van der Waals surface area contributed by atoms with E-state index in [1.807, 2.05) is 18.2 Å². The highest BCUT2D eigenvalue weighted by molar-refractivity contribution is 5.85. The molecular formula is C18H22ClNO. The van der Waals surface area contributed by atoms with Gasteiger partial charge in [-0.3, -0.25) is 0 Å². The summed E-state index contributed by atoms with van der Waals surface area (Å²) in [6.45, 7) is 6.03. The molecule has 0 spiro atoms. The van der Waals surface area contributed by atoms with Crippen molar-refractivity contribution in [2.45, 2.75) is 13.0 Å². The minimum atomic E-state index is 0. The van der Waals surface area contributed by atoms with Gasteiger partial charge in [-0.2, -0.15) is 0 Å². The van der Waals surface area contributed by atoms with Gasteiger partial charge < -0.3 is 10.1 Å². The van der Waals surface area contributed by atoms with Crippen molar-refractivity contribution in [3.8, 4) is 5.75 Å². The van der Waals surface area contributed by atoms with Gasteiger partial charge >= 0.3 is 0 Å². The Morgan fingerprint density at radius 1 is 1.00 bits per heavy atom. The second-order valence-corrected chi connectivity index (χ2v) is 4.66. The van der Waals surface area contributed by atoms with E-state index < -0.39 is 0 Å². The second-order valence-electron chi connectivity index (χ2n) is 4.66. The van der Waals surface area contributed by atoms with Crippen LogP contribution in [0.4, 0.5) is 0 Å². The summed E-state index contributed by atoms with van der Waals surface area (Å²) in [5.41, 5.74) is 2.60. The first-order chi connectivity index (χ1) is 9.88. The Kier molecular flexibility index (Phi) is 8.25. The zero-order valence-electron chi connectivity index (χ0n) is 12.1. The van der Waals surface area contributed by atoms with E-state index in [1.165, 1.54) is 11.1 Å². The van der Waals surface area contributed by atoms with Gasteiger partial charge in [-0.25, -0.2) is 0 Å².